The Labute approximate surface area is 83.3 Å². The molecule has 3 N–H and O–H groups in total. The Kier molecular flexibility index (Phi) is 3.13. The van der Waals surface area contributed by atoms with Crippen LogP contribution in [0.25, 0.3) is 0 Å². The molecule has 7 heteroatoms. The molecule has 82 valence electrons. The Morgan fingerprint density at radius 1 is 1.47 bits per heavy atom. The molecular weight excluding hydrogens is 211 g/mol. The van der Waals surface area contributed by atoms with Crippen LogP contribution in [0.15, 0.2) is 18.3 Å². The number of halogens is 3. The van der Waals surface area contributed by atoms with Crippen LogP contribution in [0.5, 0.6) is 0 Å². The van der Waals surface area contributed by atoms with E-state index in [4.69, 9.17) is 5.73 Å². The van der Waals surface area contributed by atoms with Gasteiger partial charge < -0.3 is 11.1 Å². The first-order valence-corrected chi connectivity index (χ1v) is 3.95. The van der Waals surface area contributed by atoms with E-state index in [-0.39, 0.29) is 6.54 Å². The van der Waals surface area contributed by atoms with Crippen LogP contribution in [0.2, 0.25) is 0 Å². The van der Waals surface area contributed by atoms with Crippen molar-refractivity contribution in [2.24, 2.45) is 5.73 Å². The van der Waals surface area contributed by atoms with E-state index in [0.717, 1.165) is 6.07 Å². The number of primary amides is 1. The van der Waals surface area contributed by atoms with Gasteiger partial charge in [-0.05, 0) is 12.1 Å². The number of nitrogens with zero attached hydrogens (tertiary/aromatic N) is 1. The first kappa shape index (κ1) is 11.3. The van der Waals surface area contributed by atoms with Crippen LogP contribution in [-0.4, -0.2) is 11.0 Å². The number of aromatic nitrogens is 1. The fourth-order valence-corrected chi connectivity index (χ4v) is 0.874. The molecule has 1 rings (SSSR count). The van der Waals surface area contributed by atoms with Crippen molar-refractivity contribution in [2.45, 2.75) is 12.7 Å². The number of carbonyl (C=O) groups excluding carboxylic acids is 1. The fraction of sp³-hybridized carbons (Fsp3) is 0.250. The van der Waals surface area contributed by atoms with Crippen LogP contribution in [0.1, 0.15) is 11.3 Å². The van der Waals surface area contributed by atoms with E-state index >= 15 is 0 Å². The van der Waals surface area contributed by atoms with Gasteiger partial charge in [-0.1, -0.05) is 0 Å². The summed E-state index contributed by atoms with van der Waals surface area (Å²) in [5, 5.41) is 2.22. The number of nitrogens with one attached hydrogen (secondary N) is 1. The highest BCUT2D eigenvalue weighted by molar-refractivity contribution is 5.71. The van der Waals surface area contributed by atoms with Gasteiger partial charge in [-0.25, -0.2) is 4.79 Å². The number of hydrogen-bond acceptors (Lipinski definition) is 2. The molecule has 0 aromatic carbocycles. The van der Waals surface area contributed by atoms with E-state index in [1.54, 1.807) is 0 Å². The molecule has 0 aliphatic rings. The molecule has 2 amide bonds. The van der Waals surface area contributed by atoms with Crippen LogP contribution < -0.4 is 11.1 Å². The minimum atomic E-state index is -4.40. The van der Waals surface area contributed by atoms with Gasteiger partial charge in [0, 0.05) is 6.20 Å². The summed E-state index contributed by atoms with van der Waals surface area (Å²) in [6, 6.07) is 1.32. The summed E-state index contributed by atoms with van der Waals surface area (Å²) in [4.78, 5) is 13.8. The van der Waals surface area contributed by atoms with E-state index in [9.17, 15) is 18.0 Å². The number of rotatable bonds is 2. The second-order valence-electron chi connectivity index (χ2n) is 2.75. The van der Waals surface area contributed by atoms with E-state index in [2.05, 4.69) is 10.3 Å². The lowest BCUT2D eigenvalue weighted by Crippen LogP contribution is -2.29. The lowest BCUT2D eigenvalue weighted by Gasteiger charge is -2.06. The Morgan fingerprint density at radius 3 is 2.53 bits per heavy atom. The second-order valence-corrected chi connectivity index (χ2v) is 2.75. The first-order chi connectivity index (χ1) is 6.89. The van der Waals surface area contributed by atoms with Crippen molar-refractivity contribution in [1.82, 2.24) is 10.3 Å². The van der Waals surface area contributed by atoms with Gasteiger partial charge in [0.05, 0.1) is 17.8 Å². The Hall–Kier alpha value is -1.79. The van der Waals surface area contributed by atoms with Crippen molar-refractivity contribution < 1.29 is 18.0 Å². The molecule has 0 radical (unpaired) electrons. The highest BCUT2D eigenvalue weighted by Crippen LogP contribution is 2.28. The molecule has 0 aliphatic carbocycles. The number of hydrogen-bond donors (Lipinski definition) is 2. The van der Waals surface area contributed by atoms with E-state index in [1.165, 1.54) is 6.07 Å². The molecule has 0 saturated carbocycles. The smallest absolute Gasteiger partial charge is 0.352 e. The standard InChI is InChI=1S/C8H8F3N3O/c9-8(10,11)5-1-2-6(13-3-5)4-14-7(12)15/h1-3H,4H2,(H3,12,14,15). The first-order valence-electron chi connectivity index (χ1n) is 3.95. The van der Waals surface area contributed by atoms with Crippen molar-refractivity contribution in [3.05, 3.63) is 29.6 Å². The van der Waals surface area contributed by atoms with Gasteiger partial charge in [0.25, 0.3) is 0 Å². The molecule has 0 fully saturated rings. The maximum Gasteiger partial charge on any atom is 0.417 e. The highest BCUT2D eigenvalue weighted by atomic mass is 19.4. The molecule has 0 aliphatic heterocycles. The summed E-state index contributed by atoms with van der Waals surface area (Å²) in [5.74, 6) is 0. The maximum absolute atomic E-state index is 12.1. The van der Waals surface area contributed by atoms with Crippen molar-refractivity contribution in [3.63, 3.8) is 0 Å². The minimum Gasteiger partial charge on any atom is -0.352 e. The minimum absolute atomic E-state index is 0.00741. The third-order valence-corrected chi connectivity index (χ3v) is 1.60. The molecule has 1 aromatic heterocycles. The normalized spacial score (nSPS) is 11.1. The molecule has 4 nitrogen and oxygen atoms in total. The van der Waals surface area contributed by atoms with Gasteiger partial charge in [-0.3, -0.25) is 4.98 Å². The van der Waals surface area contributed by atoms with Crippen LogP contribution >= 0.6 is 0 Å². The summed E-state index contributed by atoms with van der Waals surface area (Å²) < 4.78 is 36.3. The quantitative estimate of drug-likeness (QED) is 0.786. The van der Waals surface area contributed by atoms with Gasteiger partial charge in [0.1, 0.15) is 0 Å². The number of nitrogens with two attached hydrogens (primary N) is 1. The predicted molar refractivity (Wildman–Crippen MR) is 45.7 cm³/mol. The van der Waals surface area contributed by atoms with E-state index in [1.807, 2.05) is 0 Å². The highest BCUT2D eigenvalue weighted by Gasteiger charge is 2.30. The Balaban J connectivity index is 2.69. The molecular formula is C8H8F3N3O. The van der Waals surface area contributed by atoms with Crippen molar-refractivity contribution >= 4 is 6.03 Å². The van der Waals surface area contributed by atoms with Crippen molar-refractivity contribution in [3.8, 4) is 0 Å². The number of carbonyl (C=O) groups is 1. The van der Waals surface area contributed by atoms with Gasteiger partial charge in [-0.15, -0.1) is 0 Å². The number of urea groups is 1. The van der Waals surface area contributed by atoms with Crippen molar-refractivity contribution in [1.29, 1.82) is 0 Å². The topological polar surface area (TPSA) is 68.0 Å². The summed E-state index contributed by atoms with van der Waals surface area (Å²) in [6.45, 7) is 0.00741. The number of amides is 2. The molecule has 1 aromatic rings. The molecule has 0 atom stereocenters. The summed E-state index contributed by atoms with van der Waals surface area (Å²) >= 11 is 0. The lowest BCUT2D eigenvalue weighted by molar-refractivity contribution is -0.137. The lowest BCUT2D eigenvalue weighted by atomic mass is 10.2. The van der Waals surface area contributed by atoms with Crippen LogP contribution in [0.4, 0.5) is 18.0 Å². The average molecular weight is 219 g/mol. The van der Waals surface area contributed by atoms with E-state index < -0.39 is 17.8 Å². The summed E-state index contributed by atoms with van der Waals surface area (Å²) in [6.07, 6.45) is -3.69. The number of alkyl halides is 3. The fourth-order valence-electron chi connectivity index (χ4n) is 0.874. The third kappa shape index (κ3) is 3.45. The third-order valence-electron chi connectivity index (χ3n) is 1.60. The molecule has 0 bridgehead atoms. The monoisotopic (exact) mass is 219 g/mol. The van der Waals surface area contributed by atoms with Crippen LogP contribution in [0.3, 0.4) is 0 Å². The van der Waals surface area contributed by atoms with Crippen LogP contribution in [-0.2, 0) is 12.7 Å². The zero-order valence-electron chi connectivity index (χ0n) is 7.51. The zero-order valence-corrected chi connectivity index (χ0v) is 7.51. The molecule has 0 unspecified atom stereocenters. The molecule has 1 heterocycles. The van der Waals surface area contributed by atoms with E-state index in [0.29, 0.717) is 11.9 Å². The van der Waals surface area contributed by atoms with Gasteiger partial charge >= 0.3 is 12.2 Å². The summed E-state index contributed by atoms with van der Waals surface area (Å²) in [5.41, 5.74) is 4.26. The van der Waals surface area contributed by atoms with Gasteiger partial charge in [-0.2, -0.15) is 13.2 Å². The maximum atomic E-state index is 12.1. The molecule has 15 heavy (non-hydrogen) atoms. The molecule has 0 saturated heterocycles. The summed E-state index contributed by atoms with van der Waals surface area (Å²) in [7, 11) is 0. The average Bonchev–Trinajstić information content (AvgIpc) is 2.14. The SMILES string of the molecule is NC(=O)NCc1ccc(C(F)(F)F)cn1. The van der Waals surface area contributed by atoms with Crippen LogP contribution in [0, 0.1) is 0 Å². The predicted octanol–water partition coefficient (Wildman–Crippen LogP) is 1.27. The van der Waals surface area contributed by atoms with Gasteiger partial charge in [0.15, 0.2) is 0 Å². The molecule has 0 spiro atoms. The second kappa shape index (κ2) is 4.16. The zero-order chi connectivity index (χ0) is 11.5. The Bertz CT molecular complexity index is 347. The Morgan fingerprint density at radius 2 is 2.13 bits per heavy atom. The number of pyridine rings is 1. The largest absolute Gasteiger partial charge is 0.417 e. The van der Waals surface area contributed by atoms with Crippen molar-refractivity contribution in [2.75, 3.05) is 0 Å². The van der Waals surface area contributed by atoms with Gasteiger partial charge in [0.2, 0.25) is 0 Å².